The van der Waals surface area contributed by atoms with Crippen molar-refractivity contribution in [2.45, 2.75) is 25.8 Å². The van der Waals surface area contributed by atoms with Crippen molar-refractivity contribution in [2.24, 2.45) is 7.05 Å². The molecule has 0 aliphatic rings. The molecule has 4 rings (SSSR count). The Morgan fingerprint density at radius 1 is 0.970 bits per heavy atom. The lowest BCUT2D eigenvalue weighted by Crippen LogP contribution is -2.35. The predicted molar refractivity (Wildman–Crippen MR) is 130 cm³/mol. The third-order valence-corrected chi connectivity index (χ3v) is 5.58. The summed E-state index contributed by atoms with van der Waals surface area (Å²) in [7, 11) is 1.77. The maximum Gasteiger partial charge on any atom is 0.247 e. The van der Waals surface area contributed by atoms with E-state index in [9.17, 15) is 4.79 Å². The third kappa shape index (κ3) is 5.70. The van der Waals surface area contributed by atoms with Crippen LogP contribution in [0.25, 0.3) is 11.3 Å². The Bertz CT molecular complexity index is 1190. The van der Waals surface area contributed by atoms with Crippen LogP contribution >= 0.6 is 0 Å². The van der Waals surface area contributed by atoms with Crippen molar-refractivity contribution >= 4 is 11.7 Å². The lowest BCUT2D eigenvalue weighted by molar-refractivity contribution is -0.118. The molecule has 2 aromatic heterocycles. The lowest BCUT2D eigenvalue weighted by Gasteiger charge is -2.21. The number of amides is 1. The van der Waals surface area contributed by atoms with Crippen molar-refractivity contribution in [2.75, 3.05) is 11.9 Å². The minimum absolute atomic E-state index is 0.156. The van der Waals surface area contributed by atoms with Crippen molar-refractivity contribution in [1.29, 1.82) is 0 Å². The molecule has 0 bridgehead atoms. The molecule has 33 heavy (non-hydrogen) atoms. The number of carbonyl (C=O) groups excluding carboxylic acids is 1. The van der Waals surface area contributed by atoms with E-state index in [0.29, 0.717) is 12.4 Å². The molecule has 0 spiro atoms. The molecule has 0 radical (unpaired) electrons. The summed E-state index contributed by atoms with van der Waals surface area (Å²) in [4.78, 5) is 19.1. The zero-order valence-electron chi connectivity index (χ0n) is 19.1. The first-order valence-corrected chi connectivity index (χ1v) is 11.0. The van der Waals surface area contributed by atoms with Crippen LogP contribution < -0.4 is 10.6 Å². The average molecular weight is 441 g/mol. The summed E-state index contributed by atoms with van der Waals surface area (Å²) in [5.74, 6) is 0.591. The number of aromatic nitrogens is 4. The van der Waals surface area contributed by atoms with Gasteiger partial charge in [-0.3, -0.25) is 4.79 Å². The van der Waals surface area contributed by atoms with Crippen LogP contribution in [-0.4, -0.2) is 32.4 Å². The molecule has 2 N–H and O–H groups in total. The Morgan fingerprint density at radius 2 is 1.73 bits per heavy atom. The van der Waals surface area contributed by atoms with Gasteiger partial charge in [-0.25, -0.2) is 4.98 Å². The number of anilines is 1. The van der Waals surface area contributed by atoms with Crippen LogP contribution in [0.4, 0.5) is 5.82 Å². The highest BCUT2D eigenvalue weighted by Crippen LogP contribution is 2.21. The highest BCUT2D eigenvalue weighted by molar-refractivity contribution is 5.94. The molecule has 2 atom stereocenters. The van der Waals surface area contributed by atoms with E-state index in [-0.39, 0.29) is 11.8 Å². The zero-order chi connectivity index (χ0) is 23.2. The maximum atomic E-state index is 13.2. The average Bonchev–Trinajstić information content (AvgIpc) is 3.27. The van der Waals surface area contributed by atoms with Gasteiger partial charge >= 0.3 is 0 Å². The minimum atomic E-state index is -0.499. The first-order chi connectivity index (χ1) is 16.0. The molecule has 0 unspecified atom stereocenters. The first kappa shape index (κ1) is 22.4. The Balaban J connectivity index is 1.46. The number of aryl methyl sites for hydroxylation is 2. The Morgan fingerprint density at radius 3 is 2.36 bits per heavy atom. The Kier molecular flexibility index (Phi) is 6.90. The number of nitrogens with zero attached hydrogens (tertiary/aromatic N) is 4. The summed E-state index contributed by atoms with van der Waals surface area (Å²) in [6.45, 7) is 4.90. The predicted octanol–water partition coefficient (Wildman–Crippen LogP) is 4.26. The van der Waals surface area contributed by atoms with E-state index in [1.165, 1.54) is 15.9 Å². The number of carbonyl (C=O) groups is 1. The van der Waals surface area contributed by atoms with Gasteiger partial charge in [0.1, 0.15) is 17.6 Å². The number of rotatable bonds is 8. The second-order valence-electron chi connectivity index (χ2n) is 8.20. The van der Waals surface area contributed by atoms with Crippen molar-refractivity contribution in [3.63, 3.8) is 0 Å². The SMILES string of the molecule is Cc1ccc([C@@H](C)CN[C@@H](C(=O)Nc2ccc(-c3cnn(C)n3)cn2)c2ccccc2)cc1. The number of pyridine rings is 1. The molecular weight excluding hydrogens is 412 g/mol. The van der Waals surface area contributed by atoms with Gasteiger partial charge in [0.2, 0.25) is 5.91 Å². The molecule has 0 fully saturated rings. The van der Waals surface area contributed by atoms with E-state index in [2.05, 4.69) is 63.9 Å². The summed E-state index contributed by atoms with van der Waals surface area (Å²) in [5, 5.41) is 14.7. The van der Waals surface area contributed by atoms with Gasteiger partial charge in [0, 0.05) is 25.4 Å². The van der Waals surface area contributed by atoms with Gasteiger partial charge < -0.3 is 10.6 Å². The van der Waals surface area contributed by atoms with Gasteiger partial charge in [0.25, 0.3) is 0 Å². The fourth-order valence-electron chi connectivity index (χ4n) is 3.61. The van der Waals surface area contributed by atoms with Gasteiger partial charge in [-0.2, -0.15) is 15.0 Å². The molecule has 7 nitrogen and oxygen atoms in total. The quantitative estimate of drug-likeness (QED) is 0.428. The van der Waals surface area contributed by atoms with E-state index in [1.807, 2.05) is 36.4 Å². The highest BCUT2D eigenvalue weighted by Gasteiger charge is 2.21. The molecule has 0 saturated carbocycles. The second-order valence-corrected chi connectivity index (χ2v) is 8.20. The fourth-order valence-corrected chi connectivity index (χ4v) is 3.61. The van der Waals surface area contributed by atoms with Gasteiger partial charge in [-0.15, -0.1) is 0 Å². The van der Waals surface area contributed by atoms with Crippen molar-refractivity contribution < 1.29 is 4.79 Å². The summed E-state index contributed by atoms with van der Waals surface area (Å²) in [6.07, 6.45) is 3.36. The second kappa shape index (κ2) is 10.2. The molecule has 168 valence electrons. The van der Waals surface area contributed by atoms with Crippen LogP contribution in [0, 0.1) is 6.92 Å². The van der Waals surface area contributed by atoms with Crippen LogP contribution in [-0.2, 0) is 11.8 Å². The smallest absolute Gasteiger partial charge is 0.247 e. The van der Waals surface area contributed by atoms with Crippen molar-refractivity contribution in [3.05, 3.63) is 95.8 Å². The summed E-state index contributed by atoms with van der Waals surface area (Å²) < 4.78 is 0. The number of nitrogens with one attached hydrogen (secondary N) is 2. The van der Waals surface area contributed by atoms with Crippen molar-refractivity contribution in [1.82, 2.24) is 25.3 Å². The standard InChI is InChI=1S/C26H28N6O/c1-18-9-11-20(12-10-18)19(2)15-28-25(21-7-5-4-6-8-21)26(33)30-24-14-13-22(16-27-24)23-17-29-32(3)31-23/h4-14,16-17,19,25,28H,15H2,1-3H3,(H,27,30,33)/t19-,25+/m0/s1. The fraction of sp³-hybridized carbons (Fsp3) is 0.231. The minimum Gasteiger partial charge on any atom is -0.309 e. The molecule has 0 aliphatic heterocycles. The van der Waals surface area contributed by atoms with Crippen molar-refractivity contribution in [3.8, 4) is 11.3 Å². The molecule has 1 amide bonds. The van der Waals surface area contributed by atoms with Crippen LogP contribution in [0.2, 0.25) is 0 Å². The number of benzene rings is 2. The summed E-state index contributed by atoms with van der Waals surface area (Å²) >= 11 is 0. The lowest BCUT2D eigenvalue weighted by atomic mass is 9.98. The molecule has 2 heterocycles. The molecule has 0 aliphatic carbocycles. The summed E-state index contributed by atoms with van der Waals surface area (Å²) in [6, 6.07) is 21.4. The highest BCUT2D eigenvalue weighted by atomic mass is 16.2. The van der Waals surface area contributed by atoms with Crippen LogP contribution in [0.3, 0.4) is 0 Å². The van der Waals surface area contributed by atoms with E-state index in [0.717, 1.165) is 16.8 Å². The topological polar surface area (TPSA) is 84.7 Å². The van der Waals surface area contributed by atoms with Crippen LogP contribution in [0.15, 0.2) is 79.1 Å². The summed E-state index contributed by atoms with van der Waals surface area (Å²) in [5.41, 5.74) is 4.95. The van der Waals surface area contributed by atoms with Gasteiger partial charge in [-0.05, 0) is 36.1 Å². The molecule has 2 aromatic carbocycles. The molecule has 0 saturated heterocycles. The van der Waals surface area contributed by atoms with E-state index in [1.54, 1.807) is 25.5 Å². The monoisotopic (exact) mass is 440 g/mol. The van der Waals surface area contributed by atoms with Gasteiger partial charge in [0.15, 0.2) is 0 Å². The molecule has 4 aromatic rings. The number of hydrogen-bond acceptors (Lipinski definition) is 5. The molecular formula is C26H28N6O. The van der Waals surface area contributed by atoms with Crippen LogP contribution in [0.5, 0.6) is 0 Å². The van der Waals surface area contributed by atoms with E-state index < -0.39 is 6.04 Å². The first-order valence-electron chi connectivity index (χ1n) is 11.0. The Hall–Kier alpha value is -3.84. The number of hydrogen-bond donors (Lipinski definition) is 2. The van der Waals surface area contributed by atoms with Crippen LogP contribution in [0.1, 0.15) is 35.6 Å². The maximum absolute atomic E-state index is 13.2. The Labute approximate surface area is 193 Å². The normalized spacial score (nSPS) is 12.8. The van der Waals surface area contributed by atoms with E-state index >= 15 is 0 Å². The molecule has 7 heteroatoms. The van der Waals surface area contributed by atoms with E-state index in [4.69, 9.17) is 0 Å². The van der Waals surface area contributed by atoms with Gasteiger partial charge in [0.05, 0.1) is 6.20 Å². The zero-order valence-corrected chi connectivity index (χ0v) is 19.1. The third-order valence-electron chi connectivity index (χ3n) is 5.58. The van der Waals surface area contributed by atoms with Gasteiger partial charge in [-0.1, -0.05) is 67.1 Å². The largest absolute Gasteiger partial charge is 0.309 e.